The molecule has 3 aromatic carbocycles. The molecule has 0 unspecified atom stereocenters. The number of carbonyl (C=O) groups excluding carboxylic acids is 2. The lowest BCUT2D eigenvalue weighted by molar-refractivity contribution is -0.139. The molecule has 7 nitrogen and oxygen atoms in total. The molecule has 1 N–H and O–H groups in total. The molecule has 1 atom stereocenters. The number of amides is 2. The third kappa shape index (κ3) is 7.50. The highest BCUT2D eigenvalue weighted by Crippen LogP contribution is 2.30. The molecule has 42 heavy (non-hydrogen) atoms. The van der Waals surface area contributed by atoms with Gasteiger partial charge in [0, 0.05) is 23.2 Å². The molecule has 0 bridgehead atoms. The topological polar surface area (TPSA) is 86.8 Å². The molecule has 0 saturated heterocycles. The van der Waals surface area contributed by atoms with Crippen molar-refractivity contribution in [1.29, 1.82) is 0 Å². The van der Waals surface area contributed by atoms with E-state index in [0.29, 0.717) is 10.6 Å². The van der Waals surface area contributed by atoms with Crippen LogP contribution in [-0.4, -0.2) is 43.8 Å². The van der Waals surface area contributed by atoms with Gasteiger partial charge in [0.25, 0.3) is 10.0 Å². The SMILES string of the molecule is Cc1ccc(S(=O)(=O)N(CC(=O)N(Cc2ccccc2F)[C@@H](C)C(=O)NC2CCCCC2)c2cc(Cl)ccc2C)cc1. The van der Waals surface area contributed by atoms with Gasteiger partial charge in [0.15, 0.2) is 0 Å². The molecule has 224 valence electrons. The number of carbonyl (C=O) groups is 2. The van der Waals surface area contributed by atoms with E-state index in [-0.39, 0.29) is 34.6 Å². The van der Waals surface area contributed by atoms with Crippen LogP contribution in [0.2, 0.25) is 5.02 Å². The number of benzene rings is 3. The summed E-state index contributed by atoms with van der Waals surface area (Å²) in [5, 5.41) is 3.34. The van der Waals surface area contributed by atoms with Gasteiger partial charge in [0.05, 0.1) is 10.6 Å². The zero-order valence-corrected chi connectivity index (χ0v) is 25.7. The van der Waals surface area contributed by atoms with Gasteiger partial charge < -0.3 is 10.2 Å². The number of halogens is 2. The van der Waals surface area contributed by atoms with Crippen LogP contribution in [0.5, 0.6) is 0 Å². The molecule has 1 fully saturated rings. The number of nitrogens with zero attached hydrogens (tertiary/aromatic N) is 2. The predicted octanol–water partition coefficient (Wildman–Crippen LogP) is 6.16. The van der Waals surface area contributed by atoms with E-state index in [1.165, 1.54) is 29.2 Å². The van der Waals surface area contributed by atoms with Crippen molar-refractivity contribution in [3.8, 4) is 0 Å². The second-order valence-corrected chi connectivity index (χ2v) is 13.2. The first-order chi connectivity index (χ1) is 20.0. The number of hydrogen-bond donors (Lipinski definition) is 1. The van der Waals surface area contributed by atoms with Crippen molar-refractivity contribution in [3.63, 3.8) is 0 Å². The Morgan fingerprint density at radius 2 is 1.67 bits per heavy atom. The summed E-state index contributed by atoms with van der Waals surface area (Å²) in [7, 11) is -4.24. The Kier molecular flexibility index (Phi) is 10.3. The molecule has 3 aromatic rings. The second-order valence-electron chi connectivity index (χ2n) is 10.9. The van der Waals surface area contributed by atoms with Crippen LogP contribution in [0.15, 0.2) is 71.6 Å². The number of nitrogens with one attached hydrogen (secondary N) is 1. The molecule has 0 radical (unpaired) electrons. The predicted molar refractivity (Wildman–Crippen MR) is 163 cm³/mol. The van der Waals surface area contributed by atoms with Crippen LogP contribution in [-0.2, 0) is 26.2 Å². The largest absolute Gasteiger partial charge is 0.352 e. The first kappa shape index (κ1) is 31.5. The van der Waals surface area contributed by atoms with Crippen LogP contribution in [0.1, 0.15) is 55.7 Å². The Hall–Kier alpha value is -3.43. The van der Waals surface area contributed by atoms with Gasteiger partial charge in [0.1, 0.15) is 18.4 Å². The fourth-order valence-electron chi connectivity index (χ4n) is 5.16. The minimum atomic E-state index is -4.24. The number of aryl methyl sites for hydroxylation is 2. The molecule has 1 saturated carbocycles. The van der Waals surface area contributed by atoms with E-state index in [9.17, 15) is 22.4 Å². The van der Waals surface area contributed by atoms with Crippen LogP contribution in [0.25, 0.3) is 0 Å². The van der Waals surface area contributed by atoms with Crippen molar-refractivity contribution in [1.82, 2.24) is 10.2 Å². The monoisotopic (exact) mass is 613 g/mol. The minimum Gasteiger partial charge on any atom is -0.352 e. The van der Waals surface area contributed by atoms with Crippen molar-refractivity contribution >= 4 is 39.1 Å². The molecule has 1 aliphatic rings. The van der Waals surface area contributed by atoms with E-state index in [2.05, 4.69) is 5.32 Å². The van der Waals surface area contributed by atoms with Crippen LogP contribution >= 0.6 is 11.6 Å². The van der Waals surface area contributed by atoms with Crippen LogP contribution in [0, 0.1) is 19.7 Å². The zero-order valence-electron chi connectivity index (χ0n) is 24.1. The van der Waals surface area contributed by atoms with Crippen molar-refractivity contribution < 1.29 is 22.4 Å². The molecular formula is C32H37ClFN3O4S. The lowest BCUT2D eigenvalue weighted by atomic mass is 9.95. The second kappa shape index (κ2) is 13.7. The van der Waals surface area contributed by atoms with Gasteiger partial charge in [-0.2, -0.15) is 0 Å². The van der Waals surface area contributed by atoms with E-state index in [1.54, 1.807) is 56.3 Å². The van der Waals surface area contributed by atoms with Crippen molar-refractivity contribution in [2.45, 2.75) is 76.4 Å². The number of anilines is 1. The van der Waals surface area contributed by atoms with Gasteiger partial charge in [-0.15, -0.1) is 0 Å². The highest BCUT2D eigenvalue weighted by atomic mass is 35.5. The zero-order chi connectivity index (χ0) is 30.4. The lowest BCUT2D eigenvalue weighted by Crippen LogP contribution is -2.53. The van der Waals surface area contributed by atoms with Crippen LogP contribution in [0.3, 0.4) is 0 Å². The molecule has 1 aliphatic carbocycles. The summed E-state index contributed by atoms with van der Waals surface area (Å²) >= 11 is 6.27. The summed E-state index contributed by atoms with van der Waals surface area (Å²) in [6.07, 6.45) is 4.87. The summed E-state index contributed by atoms with van der Waals surface area (Å²) in [5.41, 5.74) is 1.92. The smallest absolute Gasteiger partial charge is 0.264 e. The minimum absolute atomic E-state index is 0.00372. The Morgan fingerprint density at radius 1 is 1.00 bits per heavy atom. The Labute approximate surface area is 252 Å². The number of hydrogen-bond acceptors (Lipinski definition) is 4. The maximum absolute atomic E-state index is 14.8. The molecule has 10 heteroatoms. The van der Waals surface area contributed by atoms with Crippen LogP contribution in [0.4, 0.5) is 10.1 Å². The highest BCUT2D eigenvalue weighted by molar-refractivity contribution is 7.92. The number of sulfonamides is 1. The standard InChI is InChI=1S/C32H37ClFN3O4S/c1-22-13-17-28(18-14-22)42(40,41)37(30-19-26(33)16-15-23(30)2)21-31(38)36(20-25-9-7-8-12-29(25)34)24(3)32(39)35-27-10-5-4-6-11-27/h7-9,12-19,24,27H,4-6,10-11,20-21H2,1-3H3,(H,35,39)/t24-/m0/s1. The molecular weight excluding hydrogens is 577 g/mol. The summed E-state index contributed by atoms with van der Waals surface area (Å²) in [5.74, 6) is -1.54. The van der Waals surface area contributed by atoms with E-state index in [0.717, 1.165) is 42.0 Å². The maximum atomic E-state index is 14.8. The molecule has 0 aromatic heterocycles. The Balaban J connectivity index is 1.72. The van der Waals surface area contributed by atoms with E-state index in [1.807, 2.05) is 6.92 Å². The van der Waals surface area contributed by atoms with Gasteiger partial charge in [-0.3, -0.25) is 13.9 Å². The van der Waals surface area contributed by atoms with Crippen LogP contribution < -0.4 is 9.62 Å². The first-order valence-corrected chi connectivity index (χ1v) is 16.0. The summed E-state index contributed by atoms with van der Waals surface area (Å²) < 4.78 is 43.8. The summed E-state index contributed by atoms with van der Waals surface area (Å²) in [6.45, 7) is 4.33. The van der Waals surface area contributed by atoms with Gasteiger partial charge in [-0.25, -0.2) is 12.8 Å². The molecule has 4 rings (SSSR count). The van der Waals surface area contributed by atoms with Crippen molar-refractivity contribution in [2.24, 2.45) is 0 Å². The molecule has 2 amide bonds. The fourth-order valence-corrected chi connectivity index (χ4v) is 6.80. The Bertz CT molecular complexity index is 1520. The third-order valence-electron chi connectivity index (χ3n) is 7.75. The Morgan fingerprint density at radius 3 is 2.33 bits per heavy atom. The van der Waals surface area contributed by atoms with Gasteiger partial charge in [-0.1, -0.05) is 72.8 Å². The van der Waals surface area contributed by atoms with Gasteiger partial charge in [0.2, 0.25) is 11.8 Å². The third-order valence-corrected chi connectivity index (χ3v) is 9.75. The van der Waals surface area contributed by atoms with E-state index < -0.39 is 34.3 Å². The number of rotatable bonds is 10. The van der Waals surface area contributed by atoms with Crippen molar-refractivity contribution in [2.75, 3.05) is 10.8 Å². The summed E-state index contributed by atoms with van der Waals surface area (Å²) in [6, 6.07) is 16.2. The summed E-state index contributed by atoms with van der Waals surface area (Å²) in [4.78, 5) is 28.7. The fraction of sp³-hybridized carbons (Fsp3) is 0.375. The quantitative estimate of drug-likeness (QED) is 0.297. The lowest BCUT2D eigenvalue weighted by Gasteiger charge is -2.33. The highest BCUT2D eigenvalue weighted by Gasteiger charge is 2.34. The molecule has 0 aliphatic heterocycles. The normalized spacial score (nSPS) is 14.7. The van der Waals surface area contributed by atoms with Gasteiger partial charge in [-0.05, 0) is 69.5 Å². The average Bonchev–Trinajstić information content (AvgIpc) is 2.97. The van der Waals surface area contributed by atoms with E-state index in [4.69, 9.17) is 11.6 Å². The van der Waals surface area contributed by atoms with Gasteiger partial charge >= 0.3 is 0 Å². The maximum Gasteiger partial charge on any atom is 0.264 e. The molecule has 0 heterocycles. The first-order valence-electron chi connectivity index (χ1n) is 14.2. The molecule has 0 spiro atoms. The average molecular weight is 614 g/mol. The van der Waals surface area contributed by atoms with E-state index >= 15 is 0 Å². The van der Waals surface area contributed by atoms with Crippen molar-refractivity contribution in [3.05, 3.63) is 94.3 Å².